The van der Waals surface area contributed by atoms with Crippen LogP contribution in [0.4, 0.5) is 0 Å². The van der Waals surface area contributed by atoms with Crippen LogP contribution in [0.15, 0.2) is 60.7 Å². The Kier molecular flexibility index (Phi) is 7.68. The largest absolute Gasteiger partial charge is 0.508 e. The number of methoxy groups -OCH3 is 2. The summed E-state index contributed by atoms with van der Waals surface area (Å²) in [4.78, 5) is 6.22. The first-order valence-electron chi connectivity index (χ1n) is 13.0. The normalized spacial score (nSPS) is 16.2. The molecule has 0 aliphatic carbocycles. The summed E-state index contributed by atoms with van der Waals surface area (Å²) in [5, 5.41) is 10.8. The maximum Gasteiger partial charge on any atom is 0.161 e. The zero-order valence-corrected chi connectivity index (χ0v) is 21.9. The van der Waals surface area contributed by atoms with Crippen LogP contribution in [0.5, 0.6) is 17.2 Å². The molecule has 0 spiro atoms. The van der Waals surface area contributed by atoms with Gasteiger partial charge in [-0.15, -0.1) is 0 Å². The Morgan fingerprint density at radius 1 is 1.03 bits per heavy atom. The number of nitrogens with one attached hydrogen (secondary N) is 1. The van der Waals surface area contributed by atoms with Gasteiger partial charge in [0.15, 0.2) is 11.5 Å². The Hall–Kier alpha value is -3.48. The summed E-state index contributed by atoms with van der Waals surface area (Å²) in [6.45, 7) is 5.40. The number of hydrogen-bond donors (Lipinski definition) is 2. The summed E-state index contributed by atoms with van der Waals surface area (Å²) in [5.41, 5.74) is 7.73. The van der Waals surface area contributed by atoms with Crippen molar-refractivity contribution in [3.05, 3.63) is 88.6 Å². The maximum absolute atomic E-state index is 9.49. The fraction of sp³-hybridized carbons (Fsp3) is 0.355. The summed E-state index contributed by atoms with van der Waals surface area (Å²) < 4.78 is 16.6. The number of aromatic amines is 1. The number of phenolic OH excluding ortho intramolecular Hbond substituents is 1. The molecule has 0 fully saturated rings. The quantitative estimate of drug-likeness (QED) is 0.332. The highest BCUT2D eigenvalue weighted by molar-refractivity contribution is 5.85. The number of aromatic hydroxyl groups is 1. The first-order valence-corrected chi connectivity index (χ1v) is 13.0. The number of para-hydroxylation sites is 1. The van der Waals surface area contributed by atoms with Crippen LogP contribution >= 0.6 is 0 Å². The molecule has 6 heteroatoms. The number of rotatable bonds is 6. The first-order chi connectivity index (χ1) is 18.1. The molecule has 0 saturated carbocycles. The van der Waals surface area contributed by atoms with Gasteiger partial charge in [0.1, 0.15) is 12.4 Å². The number of benzene rings is 3. The third kappa shape index (κ3) is 5.31. The van der Waals surface area contributed by atoms with Crippen molar-refractivity contribution in [1.29, 1.82) is 0 Å². The van der Waals surface area contributed by atoms with Crippen molar-refractivity contribution in [2.24, 2.45) is 0 Å². The van der Waals surface area contributed by atoms with Gasteiger partial charge in [-0.1, -0.05) is 37.3 Å². The van der Waals surface area contributed by atoms with E-state index in [1.807, 2.05) is 12.1 Å². The van der Waals surface area contributed by atoms with Crippen LogP contribution in [-0.2, 0) is 30.7 Å². The van der Waals surface area contributed by atoms with Gasteiger partial charge in [-0.05, 0) is 71.8 Å². The van der Waals surface area contributed by atoms with Gasteiger partial charge in [0.25, 0.3) is 0 Å². The second kappa shape index (κ2) is 11.3. The highest BCUT2D eigenvalue weighted by Crippen LogP contribution is 2.44. The van der Waals surface area contributed by atoms with Crippen molar-refractivity contribution in [3.63, 3.8) is 0 Å². The van der Waals surface area contributed by atoms with Crippen molar-refractivity contribution < 1.29 is 19.3 Å². The van der Waals surface area contributed by atoms with Gasteiger partial charge in [0.2, 0.25) is 0 Å². The minimum absolute atomic E-state index is 0.260. The number of hydrogen-bond acceptors (Lipinski definition) is 5. The topological polar surface area (TPSA) is 67.0 Å². The van der Waals surface area contributed by atoms with Crippen molar-refractivity contribution >= 4 is 10.9 Å². The number of aromatic nitrogens is 1. The Balaban J connectivity index is 0.000000514. The molecule has 3 heterocycles. The molecular weight excluding hydrogens is 464 g/mol. The maximum atomic E-state index is 9.49. The molecule has 3 aromatic carbocycles. The Morgan fingerprint density at radius 2 is 1.84 bits per heavy atom. The van der Waals surface area contributed by atoms with E-state index in [0.717, 1.165) is 56.0 Å². The van der Waals surface area contributed by atoms with E-state index in [1.54, 1.807) is 26.4 Å². The van der Waals surface area contributed by atoms with Crippen LogP contribution in [0, 0.1) is 0 Å². The lowest BCUT2D eigenvalue weighted by molar-refractivity contribution is 0.158. The van der Waals surface area contributed by atoms with Crippen molar-refractivity contribution in [1.82, 2.24) is 9.88 Å². The monoisotopic (exact) mass is 500 g/mol. The Morgan fingerprint density at radius 3 is 2.57 bits per heavy atom. The fourth-order valence-corrected chi connectivity index (χ4v) is 5.44. The molecular formula is C31H36N2O4. The molecule has 1 unspecified atom stereocenters. The minimum Gasteiger partial charge on any atom is -0.508 e. The number of phenols is 1. The van der Waals surface area contributed by atoms with Gasteiger partial charge < -0.3 is 24.3 Å². The average Bonchev–Trinajstić information content (AvgIpc) is 3.29. The van der Waals surface area contributed by atoms with Crippen molar-refractivity contribution in [2.75, 3.05) is 27.4 Å². The van der Waals surface area contributed by atoms with Gasteiger partial charge >= 0.3 is 0 Å². The fourth-order valence-electron chi connectivity index (χ4n) is 5.44. The number of ether oxygens (including phenoxy) is 3. The molecule has 37 heavy (non-hydrogen) atoms. The SMILES string of the molecule is CCCOC.COc1cc2c(cc1OCc1ccc(O)cc1)CCN1Cc3[nH]c4ccccc4c3CC21. The standard InChI is InChI=1S/C27H26N2O3.C4H10O/c1-31-26-14-21-18(12-27(26)32-16-17-6-8-19(30)9-7-17)10-11-29-15-24-22(13-25(21)29)20-4-2-3-5-23(20)28-24;1-3-4-5-2/h2-9,12,14,25,28,30H,10-11,13,15-16H2,1H3;3-4H2,1-2H3. The smallest absolute Gasteiger partial charge is 0.161 e. The average molecular weight is 501 g/mol. The second-order valence-corrected chi connectivity index (χ2v) is 9.72. The van der Waals surface area contributed by atoms with Crippen LogP contribution in [0.2, 0.25) is 0 Å². The molecule has 4 aromatic rings. The van der Waals surface area contributed by atoms with E-state index in [4.69, 9.17) is 14.2 Å². The molecule has 0 bridgehead atoms. The lowest BCUT2D eigenvalue weighted by Gasteiger charge is -2.40. The highest BCUT2D eigenvalue weighted by atomic mass is 16.5. The summed E-state index contributed by atoms with van der Waals surface area (Å²) in [7, 11) is 3.41. The minimum atomic E-state index is 0.260. The zero-order valence-electron chi connectivity index (χ0n) is 21.9. The molecule has 6 nitrogen and oxygen atoms in total. The zero-order chi connectivity index (χ0) is 25.8. The van der Waals surface area contributed by atoms with Gasteiger partial charge in [-0.2, -0.15) is 0 Å². The third-order valence-electron chi connectivity index (χ3n) is 7.29. The van der Waals surface area contributed by atoms with Gasteiger partial charge in [-0.25, -0.2) is 0 Å². The van der Waals surface area contributed by atoms with E-state index in [9.17, 15) is 5.11 Å². The molecule has 2 aliphatic heterocycles. The van der Waals surface area contributed by atoms with Gasteiger partial charge in [0.05, 0.1) is 7.11 Å². The van der Waals surface area contributed by atoms with E-state index < -0.39 is 0 Å². The van der Waals surface area contributed by atoms with Gasteiger partial charge in [0, 0.05) is 49.4 Å². The molecule has 194 valence electrons. The first kappa shape index (κ1) is 25.2. The molecule has 0 saturated heterocycles. The second-order valence-electron chi connectivity index (χ2n) is 9.72. The van der Waals surface area contributed by atoms with Crippen molar-refractivity contribution in [3.8, 4) is 17.2 Å². The molecule has 0 radical (unpaired) electrons. The molecule has 0 amide bonds. The van der Waals surface area contributed by atoms with Crippen LogP contribution in [0.1, 0.15) is 47.3 Å². The molecule has 6 rings (SSSR count). The Labute approximate surface area is 218 Å². The summed E-state index contributed by atoms with van der Waals surface area (Å²) in [6, 6.07) is 20.4. The molecule has 2 N–H and O–H groups in total. The summed E-state index contributed by atoms with van der Waals surface area (Å²) >= 11 is 0. The lowest BCUT2D eigenvalue weighted by Crippen LogP contribution is -2.39. The van der Waals surface area contributed by atoms with Crippen LogP contribution < -0.4 is 9.47 Å². The van der Waals surface area contributed by atoms with Crippen LogP contribution in [0.3, 0.4) is 0 Å². The molecule has 2 aliphatic rings. The van der Waals surface area contributed by atoms with Crippen molar-refractivity contribution in [2.45, 2.75) is 45.4 Å². The van der Waals surface area contributed by atoms with E-state index in [2.05, 4.69) is 53.2 Å². The van der Waals surface area contributed by atoms with E-state index in [0.29, 0.717) is 12.6 Å². The number of fused-ring (bicyclic) bond motifs is 6. The molecule has 1 atom stereocenters. The summed E-state index contributed by atoms with van der Waals surface area (Å²) in [5.74, 6) is 1.81. The Bertz CT molecular complexity index is 1340. The highest BCUT2D eigenvalue weighted by Gasteiger charge is 2.34. The van der Waals surface area contributed by atoms with E-state index in [1.165, 1.54) is 33.3 Å². The summed E-state index contributed by atoms with van der Waals surface area (Å²) in [6.07, 6.45) is 3.13. The number of nitrogens with zero attached hydrogens (tertiary/aromatic N) is 1. The van der Waals surface area contributed by atoms with Crippen LogP contribution in [0.25, 0.3) is 10.9 Å². The van der Waals surface area contributed by atoms with Crippen LogP contribution in [-0.4, -0.2) is 42.4 Å². The number of H-pyrrole nitrogens is 1. The van der Waals surface area contributed by atoms with E-state index in [-0.39, 0.29) is 5.75 Å². The molecule has 1 aromatic heterocycles. The lowest BCUT2D eigenvalue weighted by atomic mass is 9.85. The predicted octanol–water partition coefficient (Wildman–Crippen LogP) is 6.16. The van der Waals surface area contributed by atoms with Gasteiger partial charge in [-0.3, -0.25) is 4.90 Å². The van der Waals surface area contributed by atoms with E-state index >= 15 is 0 Å². The third-order valence-corrected chi connectivity index (χ3v) is 7.29. The predicted molar refractivity (Wildman–Crippen MR) is 146 cm³/mol.